The molecule has 0 saturated carbocycles. The van der Waals surface area contributed by atoms with E-state index in [0.717, 1.165) is 5.56 Å². The maximum atomic E-state index is 13.1. The van der Waals surface area contributed by atoms with Gasteiger partial charge in [-0.2, -0.15) is 0 Å². The second-order valence-electron chi connectivity index (χ2n) is 7.07. The van der Waals surface area contributed by atoms with Gasteiger partial charge in [-0.1, -0.05) is 23.7 Å². The van der Waals surface area contributed by atoms with E-state index < -0.39 is 9.84 Å². The molecule has 164 valence electrons. The Morgan fingerprint density at radius 1 is 1.12 bits per heavy atom. The van der Waals surface area contributed by atoms with Crippen LogP contribution in [0, 0.1) is 0 Å². The van der Waals surface area contributed by atoms with Crippen LogP contribution in [0.15, 0.2) is 77.0 Å². The summed E-state index contributed by atoms with van der Waals surface area (Å²) in [5, 5.41) is 0.398. The van der Waals surface area contributed by atoms with Gasteiger partial charge in [0.25, 0.3) is 0 Å². The van der Waals surface area contributed by atoms with E-state index >= 15 is 0 Å². The molecule has 0 unspecified atom stereocenters. The van der Waals surface area contributed by atoms with Crippen LogP contribution in [0.5, 0.6) is 5.75 Å². The van der Waals surface area contributed by atoms with Gasteiger partial charge in [-0.3, -0.25) is 9.20 Å². The van der Waals surface area contributed by atoms with Crippen molar-refractivity contribution >= 4 is 33.0 Å². The average Bonchev–Trinajstić information content (AvgIpc) is 3.26. The molecular weight excluding hydrogens is 450 g/mol. The first kappa shape index (κ1) is 22.0. The van der Waals surface area contributed by atoms with Gasteiger partial charge in [0.2, 0.25) is 15.6 Å². The molecule has 0 bridgehead atoms. The fourth-order valence-corrected chi connectivity index (χ4v) is 4.84. The Labute approximate surface area is 190 Å². The molecule has 2 aromatic carbocycles. The van der Waals surface area contributed by atoms with Crippen LogP contribution in [0.1, 0.15) is 29.3 Å². The van der Waals surface area contributed by atoms with Crippen LogP contribution < -0.4 is 4.74 Å². The van der Waals surface area contributed by atoms with E-state index in [-0.39, 0.29) is 27.7 Å². The van der Waals surface area contributed by atoms with Gasteiger partial charge in [-0.25, -0.2) is 18.4 Å². The van der Waals surface area contributed by atoms with Gasteiger partial charge in [-0.05, 0) is 43.2 Å². The van der Waals surface area contributed by atoms with Gasteiger partial charge in [-0.15, -0.1) is 0 Å². The number of ether oxygens (including phenoxy) is 1. The van der Waals surface area contributed by atoms with Gasteiger partial charge in [0.15, 0.2) is 5.78 Å². The third-order valence-electron chi connectivity index (χ3n) is 4.94. The largest absolute Gasteiger partial charge is 0.492 e. The number of ketones is 1. The lowest BCUT2D eigenvalue weighted by Gasteiger charge is -2.12. The van der Waals surface area contributed by atoms with Gasteiger partial charge in [0.1, 0.15) is 10.6 Å². The van der Waals surface area contributed by atoms with Crippen molar-refractivity contribution in [3.8, 4) is 5.75 Å². The molecule has 0 amide bonds. The van der Waals surface area contributed by atoms with E-state index in [4.69, 9.17) is 16.3 Å². The minimum Gasteiger partial charge on any atom is -0.492 e. The zero-order valence-corrected chi connectivity index (χ0v) is 18.8. The van der Waals surface area contributed by atoms with Gasteiger partial charge < -0.3 is 4.74 Å². The lowest BCUT2D eigenvalue weighted by atomic mass is 10.0. The summed E-state index contributed by atoms with van der Waals surface area (Å²) in [6, 6.07) is 11.0. The van der Waals surface area contributed by atoms with Crippen LogP contribution >= 0.6 is 11.6 Å². The molecule has 0 aliphatic carbocycles. The molecular formula is C23H20ClN3O4S. The zero-order chi connectivity index (χ0) is 22.7. The number of hydrogen-bond donors (Lipinski definition) is 0. The second-order valence-corrected chi connectivity index (χ2v) is 9.43. The molecule has 4 rings (SSSR count). The van der Waals surface area contributed by atoms with Crippen LogP contribution in [-0.2, 0) is 16.3 Å². The van der Waals surface area contributed by atoms with Crippen LogP contribution in [0.4, 0.5) is 0 Å². The number of aromatic nitrogens is 3. The molecule has 32 heavy (non-hydrogen) atoms. The molecule has 0 fully saturated rings. The number of benzene rings is 2. The topological polar surface area (TPSA) is 90.6 Å². The molecule has 0 spiro atoms. The van der Waals surface area contributed by atoms with Crippen molar-refractivity contribution < 1.29 is 17.9 Å². The minimum absolute atomic E-state index is 0.0488. The number of aryl methyl sites for hydroxylation is 1. The SMILES string of the molecule is CCOc1cc(Cl)ccc1S(=O)(=O)c1ccc(CCC(=O)c2cnc3nccn3c2)cc1. The van der Waals surface area contributed by atoms with Crippen molar-refractivity contribution in [2.45, 2.75) is 29.6 Å². The molecule has 7 nitrogen and oxygen atoms in total. The molecule has 0 aliphatic heterocycles. The Morgan fingerprint density at radius 2 is 1.91 bits per heavy atom. The molecule has 4 aromatic rings. The minimum atomic E-state index is -3.78. The van der Waals surface area contributed by atoms with E-state index in [9.17, 15) is 13.2 Å². The van der Waals surface area contributed by atoms with Crippen LogP contribution in [0.2, 0.25) is 5.02 Å². The summed E-state index contributed by atoms with van der Waals surface area (Å²) in [5.41, 5.74) is 1.36. The van der Waals surface area contributed by atoms with E-state index in [2.05, 4.69) is 9.97 Å². The summed E-state index contributed by atoms with van der Waals surface area (Å²) in [5.74, 6) is 0.706. The molecule has 0 saturated heterocycles. The summed E-state index contributed by atoms with van der Waals surface area (Å²) >= 11 is 5.99. The Morgan fingerprint density at radius 3 is 2.66 bits per heavy atom. The maximum Gasteiger partial charge on any atom is 0.233 e. The average molecular weight is 470 g/mol. The predicted octanol–water partition coefficient (Wildman–Crippen LogP) is 4.43. The zero-order valence-electron chi connectivity index (χ0n) is 17.2. The number of carbonyl (C=O) groups is 1. The lowest BCUT2D eigenvalue weighted by Crippen LogP contribution is -2.06. The standard InChI is InChI=1S/C23H20ClN3O4S/c1-2-31-21-13-18(24)6-10-22(21)32(29,30)19-7-3-16(4-8-19)5-9-20(28)17-14-26-23-25-11-12-27(23)15-17/h3-4,6-8,10-15H,2,5,9H2,1H3. The summed E-state index contributed by atoms with van der Waals surface area (Å²) in [6.45, 7) is 2.09. The van der Waals surface area contributed by atoms with Crippen molar-refractivity contribution in [1.82, 2.24) is 14.4 Å². The monoisotopic (exact) mass is 469 g/mol. The van der Waals surface area contributed by atoms with Gasteiger partial charge >= 0.3 is 0 Å². The predicted molar refractivity (Wildman–Crippen MR) is 120 cm³/mol. The van der Waals surface area contributed by atoms with Gasteiger partial charge in [0.05, 0.1) is 17.1 Å². The summed E-state index contributed by atoms with van der Waals surface area (Å²) < 4.78 is 33.4. The van der Waals surface area contributed by atoms with E-state index in [0.29, 0.717) is 29.4 Å². The number of fused-ring (bicyclic) bond motifs is 1. The number of halogens is 1. The Bertz CT molecular complexity index is 1380. The third kappa shape index (κ3) is 4.51. The second kappa shape index (κ2) is 9.10. The fourth-order valence-electron chi connectivity index (χ4n) is 3.30. The highest BCUT2D eigenvalue weighted by Gasteiger charge is 2.22. The number of rotatable bonds is 8. The molecule has 2 aromatic heterocycles. The van der Waals surface area contributed by atoms with E-state index in [1.165, 1.54) is 24.4 Å². The van der Waals surface area contributed by atoms with E-state index in [1.807, 2.05) is 0 Å². The third-order valence-corrected chi connectivity index (χ3v) is 6.98. The maximum absolute atomic E-state index is 13.1. The Balaban J connectivity index is 1.48. The van der Waals surface area contributed by atoms with Crippen LogP contribution in [0.25, 0.3) is 5.78 Å². The first-order valence-electron chi connectivity index (χ1n) is 9.97. The van der Waals surface area contributed by atoms with Crippen molar-refractivity contribution in [3.05, 3.63) is 83.4 Å². The molecule has 2 heterocycles. The molecule has 0 radical (unpaired) electrons. The van der Waals surface area contributed by atoms with E-state index in [1.54, 1.807) is 54.2 Å². The number of sulfone groups is 1. The van der Waals surface area contributed by atoms with Crippen molar-refractivity contribution in [2.24, 2.45) is 0 Å². The number of imidazole rings is 1. The number of Topliss-reactive ketones (excluding diaryl/α,β-unsaturated/α-hetero) is 1. The van der Waals surface area contributed by atoms with Crippen LogP contribution in [0.3, 0.4) is 0 Å². The smallest absolute Gasteiger partial charge is 0.233 e. The van der Waals surface area contributed by atoms with Crippen molar-refractivity contribution in [3.63, 3.8) is 0 Å². The molecule has 0 N–H and O–H groups in total. The molecule has 0 aliphatic rings. The first-order valence-corrected chi connectivity index (χ1v) is 11.8. The Kier molecular flexibility index (Phi) is 6.25. The van der Waals surface area contributed by atoms with Gasteiger partial charge in [0, 0.05) is 42.3 Å². The quantitative estimate of drug-likeness (QED) is 0.354. The molecule has 9 heteroatoms. The lowest BCUT2D eigenvalue weighted by molar-refractivity contribution is 0.0982. The normalized spacial score (nSPS) is 11.6. The van der Waals surface area contributed by atoms with Crippen molar-refractivity contribution in [2.75, 3.05) is 6.61 Å². The molecule has 0 atom stereocenters. The number of carbonyl (C=O) groups excluding carboxylic acids is 1. The highest BCUT2D eigenvalue weighted by atomic mass is 35.5. The fraction of sp³-hybridized carbons (Fsp3) is 0.174. The summed E-state index contributed by atoms with van der Waals surface area (Å²) in [6.07, 6.45) is 7.33. The van der Waals surface area contributed by atoms with Crippen LogP contribution in [-0.4, -0.2) is 35.2 Å². The number of nitrogens with zero attached hydrogens (tertiary/aromatic N) is 3. The first-order chi connectivity index (χ1) is 15.4. The number of hydrogen-bond acceptors (Lipinski definition) is 6. The highest BCUT2D eigenvalue weighted by Crippen LogP contribution is 2.32. The highest BCUT2D eigenvalue weighted by molar-refractivity contribution is 7.91. The summed E-state index contributed by atoms with van der Waals surface area (Å²) in [7, 11) is -3.78. The van der Waals surface area contributed by atoms with Crippen molar-refractivity contribution in [1.29, 1.82) is 0 Å². The summed E-state index contributed by atoms with van der Waals surface area (Å²) in [4.78, 5) is 21.0. The Hall–Kier alpha value is -3.23.